The van der Waals surface area contributed by atoms with Crippen molar-refractivity contribution in [2.45, 2.75) is 43.9 Å². The van der Waals surface area contributed by atoms with Crippen LogP contribution in [0.2, 0.25) is 0 Å². The topological polar surface area (TPSA) is 62.6 Å². The summed E-state index contributed by atoms with van der Waals surface area (Å²) < 4.78 is 18.5. The van der Waals surface area contributed by atoms with Crippen molar-refractivity contribution in [2.24, 2.45) is 5.92 Å². The minimum absolute atomic E-state index is 0.0382. The van der Waals surface area contributed by atoms with Crippen molar-refractivity contribution in [3.05, 3.63) is 17.5 Å². The SMILES string of the molecule is COC(=O)[C@H]1C[C@H](n2ncc3c2CCC2(C3)OCCO2)C1. The summed E-state index contributed by atoms with van der Waals surface area (Å²) in [6.07, 6.45) is 6.20. The van der Waals surface area contributed by atoms with E-state index in [9.17, 15) is 4.79 Å². The first kappa shape index (κ1) is 13.3. The van der Waals surface area contributed by atoms with Crippen LogP contribution in [0.5, 0.6) is 0 Å². The first-order valence-corrected chi connectivity index (χ1v) is 7.62. The van der Waals surface area contributed by atoms with E-state index in [0.717, 1.165) is 32.1 Å². The van der Waals surface area contributed by atoms with Crippen molar-refractivity contribution in [2.75, 3.05) is 20.3 Å². The molecule has 2 fully saturated rings. The van der Waals surface area contributed by atoms with Crippen molar-refractivity contribution in [3.8, 4) is 0 Å². The Morgan fingerprint density at radius 2 is 2.19 bits per heavy atom. The van der Waals surface area contributed by atoms with Gasteiger partial charge in [0.05, 0.1) is 38.5 Å². The van der Waals surface area contributed by atoms with E-state index in [0.29, 0.717) is 19.3 Å². The highest BCUT2D eigenvalue weighted by Crippen LogP contribution is 2.42. The molecule has 6 heteroatoms. The first-order chi connectivity index (χ1) is 10.2. The summed E-state index contributed by atoms with van der Waals surface area (Å²) in [6, 6.07) is 0.331. The average molecular weight is 292 g/mol. The van der Waals surface area contributed by atoms with Gasteiger partial charge in [0.15, 0.2) is 5.79 Å². The second-order valence-corrected chi connectivity index (χ2v) is 6.19. The van der Waals surface area contributed by atoms with Gasteiger partial charge in [0.25, 0.3) is 0 Å². The fourth-order valence-corrected chi connectivity index (χ4v) is 3.74. The molecule has 114 valence electrons. The molecule has 4 rings (SSSR count). The van der Waals surface area contributed by atoms with E-state index in [1.54, 1.807) is 0 Å². The number of rotatable bonds is 2. The Labute approximate surface area is 123 Å². The van der Waals surface area contributed by atoms with Crippen LogP contribution in [0.3, 0.4) is 0 Å². The molecule has 0 atom stereocenters. The minimum Gasteiger partial charge on any atom is -0.469 e. The molecule has 1 saturated heterocycles. The molecule has 0 amide bonds. The molecule has 0 unspecified atom stereocenters. The van der Waals surface area contributed by atoms with Gasteiger partial charge in [-0.15, -0.1) is 0 Å². The fourth-order valence-electron chi connectivity index (χ4n) is 3.74. The summed E-state index contributed by atoms with van der Waals surface area (Å²) in [6.45, 7) is 1.37. The quantitative estimate of drug-likeness (QED) is 0.767. The van der Waals surface area contributed by atoms with Crippen LogP contribution in [-0.2, 0) is 31.8 Å². The smallest absolute Gasteiger partial charge is 0.308 e. The molecule has 1 aliphatic heterocycles. The standard InChI is InChI=1S/C15H20N2O4/c1-19-14(18)10-6-12(7-10)17-13-2-3-15(20-4-5-21-15)8-11(13)9-16-17/h9-10,12H,2-8H2,1H3/t10-,12-. The summed E-state index contributed by atoms with van der Waals surface area (Å²) in [5, 5.41) is 4.55. The normalized spacial score (nSPS) is 30.0. The van der Waals surface area contributed by atoms with Gasteiger partial charge in [0.2, 0.25) is 0 Å². The Balaban J connectivity index is 1.48. The summed E-state index contributed by atoms with van der Waals surface area (Å²) in [4.78, 5) is 11.5. The van der Waals surface area contributed by atoms with E-state index in [1.165, 1.54) is 18.4 Å². The lowest BCUT2D eigenvalue weighted by molar-refractivity contribution is -0.164. The third-order valence-corrected chi connectivity index (χ3v) is 4.99. The van der Waals surface area contributed by atoms with Gasteiger partial charge in [0, 0.05) is 18.5 Å². The molecule has 1 aromatic heterocycles. The number of esters is 1. The highest BCUT2D eigenvalue weighted by molar-refractivity contribution is 5.73. The van der Waals surface area contributed by atoms with Gasteiger partial charge in [-0.25, -0.2) is 0 Å². The van der Waals surface area contributed by atoms with Gasteiger partial charge in [0.1, 0.15) is 0 Å². The second-order valence-electron chi connectivity index (χ2n) is 6.19. The molecule has 1 aromatic rings. The Morgan fingerprint density at radius 1 is 1.43 bits per heavy atom. The van der Waals surface area contributed by atoms with Crippen molar-refractivity contribution in [1.29, 1.82) is 0 Å². The Kier molecular flexibility index (Phi) is 3.04. The number of fused-ring (bicyclic) bond motifs is 1. The lowest BCUT2D eigenvalue weighted by Crippen LogP contribution is -2.38. The minimum atomic E-state index is -0.408. The Bertz CT molecular complexity index is 556. The van der Waals surface area contributed by atoms with E-state index in [2.05, 4.69) is 9.78 Å². The predicted molar refractivity (Wildman–Crippen MR) is 72.7 cm³/mol. The molecule has 21 heavy (non-hydrogen) atoms. The largest absolute Gasteiger partial charge is 0.469 e. The number of hydrogen-bond donors (Lipinski definition) is 0. The molecule has 2 heterocycles. The van der Waals surface area contributed by atoms with Crippen LogP contribution in [0.25, 0.3) is 0 Å². The molecular formula is C15H20N2O4. The zero-order valence-electron chi connectivity index (χ0n) is 12.2. The lowest BCUT2D eigenvalue weighted by Gasteiger charge is -2.36. The lowest BCUT2D eigenvalue weighted by atomic mass is 9.80. The monoisotopic (exact) mass is 292 g/mol. The maximum absolute atomic E-state index is 11.5. The Morgan fingerprint density at radius 3 is 2.90 bits per heavy atom. The van der Waals surface area contributed by atoms with E-state index < -0.39 is 5.79 Å². The maximum Gasteiger partial charge on any atom is 0.308 e. The van der Waals surface area contributed by atoms with Gasteiger partial charge in [-0.2, -0.15) is 5.10 Å². The number of hydrogen-bond acceptors (Lipinski definition) is 5. The molecule has 1 saturated carbocycles. The highest BCUT2D eigenvalue weighted by Gasteiger charge is 2.43. The van der Waals surface area contributed by atoms with Crippen molar-refractivity contribution in [3.63, 3.8) is 0 Å². The van der Waals surface area contributed by atoms with E-state index in [1.807, 2.05) is 6.20 Å². The third-order valence-electron chi connectivity index (χ3n) is 4.99. The number of ether oxygens (including phenoxy) is 3. The molecule has 2 aliphatic carbocycles. The van der Waals surface area contributed by atoms with Gasteiger partial charge in [-0.05, 0) is 24.8 Å². The highest BCUT2D eigenvalue weighted by atomic mass is 16.7. The van der Waals surface area contributed by atoms with Gasteiger partial charge >= 0.3 is 5.97 Å². The molecule has 0 N–H and O–H groups in total. The summed E-state index contributed by atoms with van der Waals surface area (Å²) in [5.41, 5.74) is 2.51. The van der Waals surface area contributed by atoms with Crippen LogP contribution < -0.4 is 0 Å². The van der Waals surface area contributed by atoms with Crippen molar-refractivity contribution < 1.29 is 19.0 Å². The molecule has 0 bridgehead atoms. The number of methoxy groups -OCH3 is 1. The zero-order valence-corrected chi connectivity index (χ0v) is 12.2. The molecule has 1 spiro atoms. The summed E-state index contributed by atoms with van der Waals surface area (Å²) in [5.74, 6) is -0.468. The van der Waals surface area contributed by atoms with E-state index in [4.69, 9.17) is 14.2 Å². The molecule has 0 aromatic carbocycles. The van der Waals surface area contributed by atoms with E-state index in [-0.39, 0.29) is 11.9 Å². The number of carbonyl (C=O) groups is 1. The van der Waals surface area contributed by atoms with Crippen LogP contribution in [0.4, 0.5) is 0 Å². The number of nitrogens with zero attached hydrogens (tertiary/aromatic N) is 2. The predicted octanol–water partition coefficient (Wildman–Crippen LogP) is 1.24. The third kappa shape index (κ3) is 2.08. The molecule has 6 nitrogen and oxygen atoms in total. The fraction of sp³-hybridized carbons (Fsp3) is 0.733. The molecule has 0 radical (unpaired) electrons. The van der Waals surface area contributed by atoms with Gasteiger partial charge in [-0.1, -0.05) is 0 Å². The zero-order chi connectivity index (χ0) is 14.4. The average Bonchev–Trinajstić information content (AvgIpc) is 3.05. The molecule has 3 aliphatic rings. The van der Waals surface area contributed by atoms with Crippen LogP contribution >= 0.6 is 0 Å². The maximum atomic E-state index is 11.5. The van der Waals surface area contributed by atoms with Crippen LogP contribution in [-0.4, -0.2) is 41.9 Å². The van der Waals surface area contributed by atoms with Crippen LogP contribution in [0.15, 0.2) is 6.20 Å². The summed E-state index contributed by atoms with van der Waals surface area (Å²) >= 11 is 0. The van der Waals surface area contributed by atoms with Crippen LogP contribution in [0, 0.1) is 5.92 Å². The van der Waals surface area contributed by atoms with Crippen molar-refractivity contribution in [1.82, 2.24) is 9.78 Å². The second kappa shape index (κ2) is 4.81. The first-order valence-electron chi connectivity index (χ1n) is 7.62. The Hall–Kier alpha value is -1.40. The van der Waals surface area contributed by atoms with E-state index >= 15 is 0 Å². The number of aromatic nitrogens is 2. The summed E-state index contributed by atoms with van der Waals surface area (Å²) in [7, 11) is 1.45. The van der Waals surface area contributed by atoms with Crippen LogP contribution in [0.1, 0.15) is 36.6 Å². The molecular weight excluding hydrogens is 272 g/mol. The van der Waals surface area contributed by atoms with Gasteiger partial charge < -0.3 is 14.2 Å². The number of carbonyl (C=O) groups excluding carboxylic acids is 1. The van der Waals surface area contributed by atoms with Gasteiger partial charge in [-0.3, -0.25) is 9.48 Å². The van der Waals surface area contributed by atoms with Crippen molar-refractivity contribution >= 4 is 5.97 Å².